The lowest BCUT2D eigenvalue weighted by Crippen LogP contribution is -2.26. The summed E-state index contributed by atoms with van der Waals surface area (Å²) < 4.78 is 26.1. The van der Waals surface area contributed by atoms with Gasteiger partial charge in [0.2, 0.25) is 0 Å². The Labute approximate surface area is 108 Å². The molecule has 0 bridgehead atoms. The molecule has 1 N–H and O–H groups in total. The molecule has 1 amide bonds. The van der Waals surface area contributed by atoms with E-state index in [1.807, 2.05) is 0 Å². The average molecular weight is 263 g/mol. The molecule has 0 atom stereocenters. The van der Waals surface area contributed by atoms with Crippen LogP contribution >= 0.6 is 0 Å². The lowest BCUT2D eigenvalue weighted by atomic mass is 10.1. The van der Waals surface area contributed by atoms with Crippen molar-refractivity contribution < 1.29 is 18.7 Å². The fourth-order valence-electron chi connectivity index (χ4n) is 1.66. The van der Waals surface area contributed by atoms with Crippen LogP contribution in [0.3, 0.4) is 0 Å². The third-order valence-electron chi connectivity index (χ3n) is 2.65. The third kappa shape index (κ3) is 2.88. The Morgan fingerprint density at radius 2 is 1.58 bits per heavy atom. The van der Waals surface area contributed by atoms with E-state index in [9.17, 15) is 13.6 Å². The van der Waals surface area contributed by atoms with E-state index in [0.717, 1.165) is 12.1 Å². The highest BCUT2D eigenvalue weighted by Gasteiger charge is 2.15. The minimum Gasteiger partial charge on any atom is -0.508 e. The largest absolute Gasteiger partial charge is 0.508 e. The van der Waals surface area contributed by atoms with Gasteiger partial charge in [0, 0.05) is 24.4 Å². The Hall–Kier alpha value is -2.43. The Morgan fingerprint density at radius 1 is 1.05 bits per heavy atom. The zero-order valence-electron chi connectivity index (χ0n) is 10.1. The lowest BCUT2D eigenvalue weighted by molar-refractivity contribution is 0.0992. The molecule has 0 aromatic heterocycles. The van der Waals surface area contributed by atoms with Crippen LogP contribution in [0.4, 0.5) is 14.5 Å². The Morgan fingerprint density at radius 3 is 2.11 bits per heavy atom. The molecule has 5 heteroatoms. The lowest BCUT2D eigenvalue weighted by Gasteiger charge is -2.17. The quantitative estimate of drug-likeness (QED) is 0.905. The first-order valence-electron chi connectivity index (χ1n) is 5.50. The molecule has 3 nitrogen and oxygen atoms in total. The number of halogens is 2. The molecule has 0 fully saturated rings. The number of hydrogen-bond donors (Lipinski definition) is 1. The maximum absolute atomic E-state index is 13.1. The smallest absolute Gasteiger partial charge is 0.258 e. The summed E-state index contributed by atoms with van der Waals surface area (Å²) in [5, 5.41) is 9.16. The van der Waals surface area contributed by atoms with Crippen molar-refractivity contribution in [1.82, 2.24) is 0 Å². The summed E-state index contributed by atoms with van der Waals surface area (Å²) in [4.78, 5) is 13.3. The van der Waals surface area contributed by atoms with Crippen LogP contribution in [-0.2, 0) is 0 Å². The topological polar surface area (TPSA) is 40.5 Å². The molecule has 98 valence electrons. The minimum absolute atomic E-state index is 0.0707. The van der Waals surface area contributed by atoms with Gasteiger partial charge in [-0.3, -0.25) is 4.79 Å². The van der Waals surface area contributed by atoms with Crippen molar-refractivity contribution in [3.8, 4) is 5.75 Å². The number of nitrogens with zero attached hydrogens (tertiary/aromatic N) is 1. The van der Waals surface area contributed by atoms with Gasteiger partial charge in [0.25, 0.3) is 5.91 Å². The molecule has 0 aliphatic rings. The number of anilines is 1. The molecule has 0 aliphatic heterocycles. The summed E-state index contributed by atoms with van der Waals surface area (Å²) in [5.74, 6) is -2.07. The van der Waals surface area contributed by atoms with Gasteiger partial charge in [-0.15, -0.1) is 0 Å². The summed E-state index contributed by atoms with van der Waals surface area (Å²) >= 11 is 0. The molecular weight excluding hydrogens is 252 g/mol. The SMILES string of the molecule is CN(C(=O)c1cc(F)cc(F)c1)c1ccc(O)cc1. The van der Waals surface area contributed by atoms with Gasteiger partial charge in [-0.2, -0.15) is 0 Å². The highest BCUT2D eigenvalue weighted by atomic mass is 19.1. The molecule has 0 saturated carbocycles. The number of carbonyl (C=O) groups is 1. The molecule has 0 heterocycles. The van der Waals surface area contributed by atoms with Gasteiger partial charge in [0.05, 0.1) is 0 Å². The Kier molecular flexibility index (Phi) is 3.46. The zero-order chi connectivity index (χ0) is 14.0. The van der Waals surface area contributed by atoms with Crippen LogP contribution in [0, 0.1) is 11.6 Å². The predicted molar refractivity (Wildman–Crippen MR) is 67.2 cm³/mol. The van der Waals surface area contributed by atoms with E-state index >= 15 is 0 Å². The first-order valence-corrected chi connectivity index (χ1v) is 5.50. The van der Waals surface area contributed by atoms with Crippen molar-refractivity contribution >= 4 is 11.6 Å². The van der Waals surface area contributed by atoms with E-state index in [-0.39, 0.29) is 11.3 Å². The Balaban J connectivity index is 2.30. The number of phenolic OH excluding ortho intramolecular Hbond substituents is 1. The molecule has 0 radical (unpaired) electrons. The summed E-state index contributed by atoms with van der Waals surface area (Å²) in [6, 6.07) is 8.56. The standard InChI is InChI=1S/C14H11F2NO2/c1-17(12-2-4-13(18)5-3-12)14(19)9-6-10(15)8-11(16)7-9/h2-8,18H,1H3. The predicted octanol–water partition coefficient (Wildman–Crippen LogP) is 2.95. The fourth-order valence-corrected chi connectivity index (χ4v) is 1.66. The van der Waals surface area contributed by atoms with Crippen LogP contribution in [0.15, 0.2) is 42.5 Å². The number of phenols is 1. The summed E-state index contributed by atoms with van der Waals surface area (Å²) in [7, 11) is 1.48. The fraction of sp³-hybridized carbons (Fsp3) is 0.0714. The number of hydrogen-bond acceptors (Lipinski definition) is 2. The number of benzene rings is 2. The van der Waals surface area contributed by atoms with Crippen molar-refractivity contribution in [1.29, 1.82) is 0 Å². The second-order valence-electron chi connectivity index (χ2n) is 4.04. The summed E-state index contributed by atoms with van der Waals surface area (Å²) in [6.45, 7) is 0. The van der Waals surface area contributed by atoms with E-state index in [1.165, 1.54) is 36.2 Å². The third-order valence-corrected chi connectivity index (χ3v) is 2.65. The van der Waals surface area contributed by atoms with E-state index in [2.05, 4.69) is 0 Å². The van der Waals surface area contributed by atoms with Gasteiger partial charge in [0.15, 0.2) is 0 Å². The molecule has 0 aliphatic carbocycles. The van der Waals surface area contributed by atoms with Gasteiger partial charge < -0.3 is 10.0 Å². The normalized spacial score (nSPS) is 10.3. The Bertz CT molecular complexity index is 591. The van der Waals surface area contributed by atoms with Crippen LogP contribution in [0.5, 0.6) is 5.75 Å². The minimum atomic E-state index is -0.803. The van der Waals surface area contributed by atoms with Crippen molar-refractivity contribution in [3.05, 3.63) is 59.7 Å². The van der Waals surface area contributed by atoms with Gasteiger partial charge in [-0.25, -0.2) is 8.78 Å². The molecule has 2 rings (SSSR count). The first-order chi connectivity index (χ1) is 8.97. The molecule has 2 aromatic carbocycles. The van der Waals surface area contributed by atoms with Crippen LogP contribution in [0.25, 0.3) is 0 Å². The number of amides is 1. The first kappa shape index (κ1) is 13.0. The van der Waals surface area contributed by atoms with Crippen LogP contribution < -0.4 is 4.90 Å². The van der Waals surface area contributed by atoms with Crippen molar-refractivity contribution in [2.24, 2.45) is 0 Å². The molecule has 0 spiro atoms. The van der Waals surface area contributed by atoms with Gasteiger partial charge in [0.1, 0.15) is 17.4 Å². The van der Waals surface area contributed by atoms with E-state index in [0.29, 0.717) is 11.8 Å². The molecular formula is C14H11F2NO2. The summed E-state index contributed by atoms with van der Waals surface area (Å²) in [6.07, 6.45) is 0. The highest BCUT2D eigenvalue weighted by molar-refractivity contribution is 6.05. The highest BCUT2D eigenvalue weighted by Crippen LogP contribution is 2.19. The molecule has 0 unspecified atom stereocenters. The van der Waals surface area contributed by atoms with Crippen molar-refractivity contribution in [3.63, 3.8) is 0 Å². The molecule has 0 saturated heterocycles. The van der Waals surface area contributed by atoms with Crippen LogP contribution in [-0.4, -0.2) is 18.1 Å². The van der Waals surface area contributed by atoms with Crippen molar-refractivity contribution in [2.45, 2.75) is 0 Å². The van der Waals surface area contributed by atoms with E-state index in [4.69, 9.17) is 5.11 Å². The van der Waals surface area contributed by atoms with Gasteiger partial charge in [-0.1, -0.05) is 0 Å². The molecule has 2 aromatic rings. The second-order valence-corrected chi connectivity index (χ2v) is 4.04. The number of aromatic hydroxyl groups is 1. The monoisotopic (exact) mass is 263 g/mol. The van der Waals surface area contributed by atoms with E-state index < -0.39 is 17.5 Å². The number of carbonyl (C=O) groups excluding carboxylic acids is 1. The number of rotatable bonds is 2. The van der Waals surface area contributed by atoms with Gasteiger partial charge in [-0.05, 0) is 36.4 Å². The van der Waals surface area contributed by atoms with E-state index in [1.54, 1.807) is 0 Å². The maximum atomic E-state index is 13.1. The molecule has 19 heavy (non-hydrogen) atoms. The summed E-state index contributed by atoms with van der Waals surface area (Å²) in [5.41, 5.74) is 0.431. The van der Waals surface area contributed by atoms with Crippen LogP contribution in [0.1, 0.15) is 10.4 Å². The second kappa shape index (κ2) is 5.06. The van der Waals surface area contributed by atoms with Gasteiger partial charge >= 0.3 is 0 Å². The van der Waals surface area contributed by atoms with Crippen LogP contribution in [0.2, 0.25) is 0 Å². The average Bonchev–Trinajstić information content (AvgIpc) is 2.37. The maximum Gasteiger partial charge on any atom is 0.258 e. The van der Waals surface area contributed by atoms with Crippen molar-refractivity contribution in [2.75, 3.05) is 11.9 Å². The zero-order valence-corrected chi connectivity index (χ0v) is 10.1.